The number of anilines is 1. The van der Waals surface area contributed by atoms with Gasteiger partial charge >= 0.3 is 0 Å². The molecular weight excluding hydrogens is 336 g/mol. The number of likely N-dealkylation sites (tertiary alicyclic amines) is 1. The highest BCUT2D eigenvalue weighted by Crippen LogP contribution is 2.23. The number of nitrogens with zero attached hydrogens (tertiary/aromatic N) is 1. The number of carbonyl (C=O) groups excluding carboxylic acids is 1. The van der Waals surface area contributed by atoms with Crippen LogP contribution in [-0.4, -0.2) is 31.0 Å². The molecule has 0 aromatic heterocycles. The molecule has 1 heterocycles. The van der Waals surface area contributed by atoms with Crippen molar-refractivity contribution in [3.8, 4) is 5.75 Å². The third-order valence-electron chi connectivity index (χ3n) is 4.59. The van der Waals surface area contributed by atoms with E-state index in [1.807, 2.05) is 42.5 Å². The average molecular weight is 359 g/mol. The fraction of sp³-hybridized carbons (Fsp3) is 0.350. The summed E-state index contributed by atoms with van der Waals surface area (Å²) in [5, 5.41) is 3.77. The Morgan fingerprint density at radius 3 is 2.68 bits per heavy atom. The molecule has 0 radical (unpaired) electrons. The van der Waals surface area contributed by atoms with Crippen molar-refractivity contribution >= 4 is 23.2 Å². The van der Waals surface area contributed by atoms with Gasteiger partial charge in [0.15, 0.2) is 0 Å². The molecule has 1 fully saturated rings. The third kappa shape index (κ3) is 4.97. The molecule has 1 aliphatic heterocycles. The van der Waals surface area contributed by atoms with Gasteiger partial charge in [0.25, 0.3) is 0 Å². The fourth-order valence-electron chi connectivity index (χ4n) is 3.19. The van der Waals surface area contributed by atoms with E-state index < -0.39 is 0 Å². The zero-order chi connectivity index (χ0) is 17.6. The van der Waals surface area contributed by atoms with E-state index in [1.54, 1.807) is 7.11 Å². The van der Waals surface area contributed by atoms with Gasteiger partial charge in [-0.1, -0.05) is 29.8 Å². The first kappa shape index (κ1) is 17.8. The number of ether oxygens (including phenoxy) is 1. The molecule has 1 amide bonds. The van der Waals surface area contributed by atoms with Gasteiger partial charge in [0, 0.05) is 29.2 Å². The second-order valence-electron chi connectivity index (χ2n) is 6.40. The van der Waals surface area contributed by atoms with Gasteiger partial charge in [0.05, 0.1) is 7.11 Å². The van der Waals surface area contributed by atoms with Gasteiger partial charge < -0.3 is 10.1 Å². The van der Waals surface area contributed by atoms with Gasteiger partial charge in [-0.15, -0.1) is 0 Å². The highest BCUT2D eigenvalue weighted by molar-refractivity contribution is 6.30. The van der Waals surface area contributed by atoms with Crippen molar-refractivity contribution < 1.29 is 9.53 Å². The van der Waals surface area contributed by atoms with Crippen LogP contribution in [0, 0.1) is 5.92 Å². The summed E-state index contributed by atoms with van der Waals surface area (Å²) in [5.74, 6) is 0.895. The van der Waals surface area contributed by atoms with Crippen molar-refractivity contribution in [3.05, 3.63) is 59.1 Å². The molecule has 1 aliphatic rings. The lowest BCUT2D eigenvalue weighted by Crippen LogP contribution is -2.37. The number of halogens is 1. The smallest absolute Gasteiger partial charge is 0.227 e. The number of piperidine rings is 1. The maximum absolute atomic E-state index is 12.5. The minimum Gasteiger partial charge on any atom is -0.497 e. The summed E-state index contributed by atoms with van der Waals surface area (Å²) in [6.45, 7) is 2.72. The molecule has 1 saturated heterocycles. The Balaban J connectivity index is 1.50. The molecule has 0 bridgehead atoms. The minimum atomic E-state index is 0.0572. The standard InChI is InChI=1S/C20H23ClN2O2/c1-25-19-7-3-6-18(13-19)22-20(24)16-8-10-23(11-9-16)14-15-4-2-5-17(21)12-15/h2-7,12-13,16H,8-11,14H2,1H3,(H,22,24). The molecule has 0 unspecified atom stereocenters. The number of benzene rings is 2. The van der Waals surface area contributed by atoms with Gasteiger partial charge in [0.1, 0.15) is 5.75 Å². The number of carbonyl (C=O) groups is 1. The second kappa shape index (κ2) is 8.37. The molecule has 3 rings (SSSR count). The first-order valence-corrected chi connectivity index (χ1v) is 8.93. The van der Waals surface area contributed by atoms with Crippen LogP contribution in [0.2, 0.25) is 5.02 Å². The van der Waals surface area contributed by atoms with E-state index in [4.69, 9.17) is 16.3 Å². The van der Waals surface area contributed by atoms with Gasteiger partial charge in [-0.2, -0.15) is 0 Å². The summed E-state index contributed by atoms with van der Waals surface area (Å²) in [6.07, 6.45) is 1.74. The van der Waals surface area contributed by atoms with Crippen LogP contribution in [0.4, 0.5) is 5.69 Å². The number of methoxy groups -OCH3 is 1. The van der Waals surface area contributed by atoms with Crippen molar-refractivity contribution in [1.29, 1.82) is 0 Å². The summed E-state index contributed by atoms with van der Waals surface area (Å²) in [6, 6.07) is 15.4. The summed E-state index contributed by atoms with van der Waals surface area (Å²) < 4.78 is 5.19. The Kier molecular flexibility index (Phi) is 5.95. The van der Waals surface area contributed by atoms with E-state index in [0.29, 0.717) is 0 Å². The number of nitrogens with one attached hydrogen (secondary N) is 1. The third-order valence-corrected chi connectivity index (χ3v) is 4.83. The van der Waals surface area contributed by atoms with E-state index >= 15 is 0 Å². The molecule has 5 heteroatoms. The quantitative estimate of drug-likeness (QED) is 0.870. The van der Waals surface area contributed by atoms with Crippen LogP contribution < -0.4 is 10.1 Å². The monoisotopic (exact) mass is 358 g/mol. The molecule has 132 valence electrons. The molecule has 4 nitrogen and oxygen atoms in total. The topological polar surface area (TPSA) is 41.6 Å². The molecule has 2 aromatic carbocycles. The number of hydrogen-bond donors (Lipinski definition) is 1. The average Bonchev–Trinajstić information content (AvgIpc) is 2.62. The maximum Gasteiger partial charge on any atom is 0.227 e. The van der Waals surface area contributed by atoms with Crippen LogP contribution in [0.15, 0.2) is 48.5 Å². The second-order valence-corrected chi connectivity index (χ2v) is 6.84. The van der Waals surface area contributed by atoms with Gasteiger partial charge in [-0.05, 0) is 55.8 Å². The Labute approximate surface area is 153 Å². The molecule has 0 saturated carbocycles. The first-order valence-electron chi connectivity index (χ1n) is 8.56. The first-order chi connectivity index (χ1) is 12.1. The van der Waals surface area contributed by atoms with Crippen LogP contribution in [0.25, 0.3) is 0 Å². The lowest BCUT2D eigenvalue weighted by Gasteiger charge is -2.31. The van der Waals surface area contributed by atoms with Crippen molar-refractivity contribution in [1.82, 2.24) is 4.90 Å². The highest BCUT2D eigenvalue weighted by Gasteiger charge is 2.25. The van der Waals surface area contributed by atoms with E-state index in [2.05, 4.69) is 16.3 Å². The summed E-state index contributed by atoms with van der Waals surface area (Å²) in [4.78, 5) is 14.9. The van der Waals surface area contributed by atoms with Crippen molar-refractivity contribution in [2.24, 2.45) is 5.92 Å². The minimum absolute atomic E-state index is 0.0572. The van der Waals surface area contributed by atoms with E-state index in [1.165, 1.54) is 5.56 Å². The van der Waals surface area contributed by atoms with Crippen LogP contribution in [-0.2, 0) is 11.3 Å². The zero-order valence-corrected chi connectivity index (χ0v) is 15.1. The largest absolute Gasteiger partial charge is 0.497 e. The predicted molar refractivity (Wildman–Crippen MR) is 101 cm³/mol. The van der Waals surface area contributed by atoms with E-state index in [-0.39, 0.29) is 11.8 Å². The van der Waals surface area contributed by atoms with Crippen LogP contribution >= 0.6 is 11.6 Å². The molecule has 1 N–H and O–H groups in total. The predicted octanol–water partition coefficient (Wildman–Crippen LogP) is 4.20. The number of rotatable bonds is 5. The molecule has 2 aromatic rings. The van der Waals surface area contributed by atoms with Gasteiger partial charge in [0.2, 0.25) is 5.91 Å². The Morgan fingerprint density at radius 2 is 1.96 bits per heavy atom. The molecule has 0 spiro atoms. The summed E-state index contributed by atoms with van der Waals surface area (Å²) in [7, 11) is 1.62. The number of hydrogen-bond acceptors (Lipinski definition) is 3. The van der Waals surface area contributed by atoms with Crippen LogP contribution in [0.1, 0.15) is 18.4 Å². The van der Waals surface area contributed by atoms with Crippen molar-refractivity contribution in [2.75, 3.05) is 25.5 Å². The van der Waals surface area contributed by atoms with Crippen LogP contribution in [0.5, 0.6) is 5.75 Å². The van der Waals surface area contributed by atoms with E-state index in [0.717, 1.165) is 48.9 Å². The van der Waals surface area contributed by atoms with Gasteiger partial charge in [-0.25, -0.2) is 0 Å². The Bertz CT molecular complexity index is 727. The Morgan fingerprint density at radius 1 is 1.20 bits per heavy atom. The normalized spacial score (nSPS) is 15.8. The van der Waals surface area contributed by atoms with Crippen molar-refractivity contribution in [2.45, 2.75) is 19.4 Å². The summed E-state index contributed by atoms with van der Waals surface area (Å²) >= 11 is 6.05. The lowest BCUT2D eigenvalue weighted by molar-refractivity contribution is -0.121. The number of amides is 1. The molecule has 25 heavy (non-hydrogen) atoms. The highest BCUT2D eigenvalue weighted by atomic mass is 35.5. The molecular formula is C20H23ClN2O2. The zero-order valence-electron chi connectivity index (χ0n) is 14.4. The van der Waals surface area contributed by atoms with Crippen LogP contribution in [0.3, 0.4) is 0 Å². The van der Waals surface area contributed by atoms with Gasteiger partial charge in [-0.3, -0.25) is 9.69 Å². The molecule has 0 atom stereocenters. The summed E-state index contributed by atoms with van der Waals surface area (Å²) in [5.41, 5.74) is 2.00. The fourth-order valence-corrected chi connectivity index (χ4v) is 3.40. The van der Waals surface area contributed by atoms with Crippen molar-refractivity contribution in [3.63, 3.8) is 0 Å². The lowest BCUT2D eigenvalue weighted by atomic mass is 9.95. The molecule has 0 aliphatic carbocycles. The Hall–Kier alpha value is -2.04. The SMILES string of the molecule is COc1cccc(NC(=O)C2CCN(Cc3cccc(Cl)c3)CC2)c1. The maximum atomic E-state index is 12.5. The van der Waals surface area contributed by atoms with E-state index in [9.17, 15) is 4.79 Å².